The molecule has 1 amide bonds. The van der Waals surface area contributed by atoms with E-state index in [0.29, 0.717) is 16.8 Å². The summed E-state index contributed by atoms with van der Waals surface area (Å²) in [4.78, 5) is 16.1. The van der Waals surface area contributed by atoms with E-state index in [1.807, 2.05) is 0 Å². The van der Waals surface area contributed by atoms with Crippen LogP contribution in [-0.4, -0.2) is 21.5 Å². The molecule has 4 rings (SSSR count). The van der Waals surface area contributed by atoms with E-state index in [0.717, 1.165) is 11.1 Å². The minimum absolute atomic E-state index is 0.225. The summed E-state index contributed by atoms with van der Waals surface area (Å²) < 4.78 is 41.5. The summed E-state index contributed by atoms with van der Waals surface area (Å²) in [5.41, 5.74) is 2.94. The molecule has 2 unspecified atom stereocenters. The predicted molar refractivity (Wildman–Crippen MR) is 91.8 cm³/mol. The van der Waals surface area contributed by atoms with Crippen molar-refractivity contribution in [2.24, 2.45) is 5.92 Å². The third-order valence-corrected chi connectivity index (χ3v) is 4.57. The number of hydrogen-bond acceptors (Lipinski definition) is 2. The van der Waals surface area contributed by atoms with Gasteiger partial charge in [-0.1, -0.05) is 6.07 Å². The van der Waals surface area contributed by atoms with Crippen LogP contribution in [-0.2, 0) is 11.5 Å². The molecule has 134 valence electrons. The average molecular weight is 359 g/mol. The van der Waals surface area contributed by atoms with E-state index < -0.39 is 24.7 Å². The Hall–Kier alpha value is -2.83. The third-order valence-electron chi connectivity index (χ3n) is 4.57. The molecule has 0 bridgehead atoms. The van der Waals surface area contributed by atoms with Gasteiger partial charge in [0.15, 0.2) is 5.82 Å². The van der Waals surface area contributed by atoms with Crippen molar-refractivity contribution < 1.29 is 18.0 Å². The Kier molecular flexibility index (Phi) is 3.94. The molecular formula is C19H16F3N3O. The monoisotopic (exact) mass is 359 g/mol. The summed E-state index contributed by atoms with van der Waals surface area (Å²) in [6.07, 6.45) is 2.43. The zero-order chi connectivity index (χ0) is 18.4. The minimum atomic E-state index is -1.10. The molecule has 4 nitrogen and oxygen atoms in total. The van der Waals surface area contributed by atoms with Gasteiger partial charge in [-0.3, -0.25) is 4.79 Å². The van der Waals surface area contributed by atoms with Crippen molar-refractivity contribution in [1.82, 2.24) is 9.38 Å². The second-order valence-corrected chi connectivity index (χ2v) is 6.55. The number of fused-ring (bicyclic) bond motifs is 1. The maximum atomic E-state index is 13.5. The zero-order valence-electron chi connectivity index (χ0n) is 14.0. The number of anilines is 1. The van der Waals surface area contributed by atoms with Gasteiger partial charge in [-0.2, -0.15) is 0 Å². The van der Waals surface area contributed by atoms with Gasteiger partial charge >= 0.3 is 0 Å². The summed E-state index contributed by atoms with van der Waals surface area (Å²) in [5.74, 6) is -1.14. The fraction of sp³-hybridized carbons (Fsp3) is 0.263. The number of benzene rings is 1. The lowest BCUT2D eigenvalue weighted by atomic mass is 10.0. The maximum absolute atomic E-state index is 13.5. The largest absolute Gasteiger partial charge is 0.309 e. The smallest absolute Gasteiger partial charge is 0.231 e. The Balaban J connectivity index is 1.73. The highest BCUT2D eigenvalue weighted by atomic mass is 19.1. The minimum Gasteiger partial charge on any atom is -0.309 e. The molecular weight excluding hydrogens is 343 g/mol. The van der Waals surface area contributed by atoms with Gasteiger partial charge < -0.3 is 9.72 Å². The van der Waals surface area contributed by atoms with E-state index in [9.17, 15) is 18.0 Å². The van der Waals surface area contributed by atoms with E-state index >= 15 is 0 Å². The quantitative estimate of drug-likeness (QED) is 0.758. The molecule has 3 aromatic rings. The Morgan fingerprint density at radius 2 is 2.12 bits per heavy atom. The van der Waals surface area contributed by atoms with Crippen molar-refractivity contribution in [3.05, 3.63) is 53.6 Å². The fourth-order valence-electron chi connectivity index (χ4n) is 3.08. The number of halogens is 3. The first-order valence-electron chi connectivity index (χ1n) is 8.25. The lowest BCUT2D eigenvalue weighted by molar-refractivity contribution is -0.117. The van der Waals surface area contributed by atoms with E-state index in [-0.39, 0.29) is 18.1 Å². The number of carbonyl (C=O) groups is 1. The number of aryl methyl sites for hydroxylation is 1. The number of amides is 1. The summed E-state index contributed by atoms with van der Waals surface area (Å²) in [5, 5.41) is 2.57. The lowest BCUT2D eigenvalue weighted by Crippen LogP contribution is -2.15. The van der Waals surface area contributed by atoms with Gasteiger partial charge in [0.25, 0.3) is 0 Å². The number of rotatable bonds is 4. The molecule has 0 radical (unpaired) electrons. The highest BCUT2D eigenvalue weighted by Gasteiger charge is 2.43. The van der Waals surface area contributed by atoms with Crippen LogP contribution in [0.1, 0.15) is 17.5 Å². The summed E-state index contributed by atoms with van der Waals surface area (Å²) in [7, 11) is 0. The van der Waals surface area contributed by atoms with E-state index in [2.05, 4.69) is 10.3 Å². The molecule has 2 heterocycles. The van der Waals surface area contributed by atoms with Crippen LogP contribution in [0.5, 0.6) is 0 Å². The number of aromatic nitrogens is 2. The van der Waals surface area contributed by atoms with Gasteiger partial charge in [0.05, 0.1) is 12.1 Å². The topological polar surface area (TPSA) is 46.4 Å². The molecule has 1 aliphatic carbocycles. The Bertz CT molecular complexity index is 1010. The first kappa shape index (κ1) is 16.6. The van der Waals surface area contributed by atoms with Crippen LogP contribution in [0.2, 0.25) is 0 Å². The molecule has 0 aliphatic heterocycles. The lowest BCUT2D eigenvalue weighted by Gasteiger charge is -2.09. The van der Waals surface area contributed by atoms with Crippen molar-refractivity contribution >= 4 is 17.4 Å². The molecule has 1 fully saturated rings. The van der Waals surface area contributed by atoms with Gasteiger partial charge in [-0.25, -0.2) is 18.2 Å². The highest BCUT2D eigenvalue weighted by molar-refractivity contribution is 5.94. The molecule has 1 saturated carbocycles. The van der Waals surface area contributed by atoms with Crippen molar-refractivity contribution in [3.63, 3.8) is 0 Å². The number of hydrogen-bond donors (Lipinski definition) is 1. The Morgan fingerprint density at radius 3 is 2.77 bits per heavy atom. The van der Waals surface area contributed by atoms with Crippen LogP contribution in [0.3, 0.4) is 0 Å². The summed E-state index contributed by atoms with van der Waals surface area (Å²) >= 11 is 0. The SMILES string of the molecule is Cc1cc(F)ccc1-c1cc(CF)c2nc(NC(=O)C3CC3F)cn2c1. The van der Waals surface area contributed by atoms with Crippen LogP contribution in [0.4, 0.5) is 19.0 Å². The number of carbonyl (C=O) groups excluding carboxylic acids is 1. The van der Waals surface area contributed by atoms with Gasteiger partial charge in [-0.05, 0) is 48.2 Å². The number of nitrogens with zero attached hydrogens (tertiary/aromatic N) is 2. The van der Waals surface area contributed by atoms with Crippen LogP contribution in [0.25, 0.3) is 16.8 Å². The molecule has 2 atom stereocenters. The molecule has 26 heavy (non-hydrogen) atoms. The molecule has 2 aromatic heterocycles. The molecule has 1 aliphatic rings. The third kappa shape index (κ3) is 2.94. The molecule has 1 N–H and O–H groups in total. The van der Waals surface area contributed by atoms with Crippen LogP contribution in [0, 0.1) is 18.7 Å². The number of nitrogens with one attached hydrogen (secondary N) is 1. The first-order chi connectivity index (χ1) is 12.5. The second-order valence-electron chi connectivity index (χ2n) is 6.55. The molecule has 0 spiro atoms. The normalized spacial score (nSPS) is 18.9. The van der Waals surface area contributed by atoms with Gasteiger partial charge in [-0.15, -0.1) is 0 Å². The highest BCUT2D eigenvalue weighted by Crippen LogP contribution is 2.35. The predicted octanol–water partition coefficient (Wildman–Crippen LogP) is 4.21. The van der Waals surface area contributed by atoms with E-state index in [1.54, 1.807) is 35.9 Å². The van der Waals surface area contributed by atoms with Gasteiger partial charge in [0.2, 0.25) is 5.91 Å². The molecule has 0 saturated heterocycles. The Labute approximate surface area is 147 Å². The van der Waals surface area contributed by atoms with Crippen LogP contribution >= 0.6 is 0 Å². The van der Waals surface area contributed by atoms with Crippen LogP contribution < -0.4 is 5.32 Å². The summed E-state index contributed by atoms with van der Waals surface area (Å²) in [6.45, 7) is 1.04. The van der Waals surface area contributed by atoms with Gasteiger partial charge in [0.1, 0.15) is 24.3 Å². The van der Waals surface area contributed by atoms with Crippen molar-refractivity contribution in [2.45, 2.75) is 26.2 Å². The average Bonchev–Trinajstić information content (AvgIpc) is 3.19. The van der Waals surface area contributed by atoms with Crippen molar-refractivity contribution in [3.8, 4) is 11.1 Å². The number of alkyl halides is 2. The number of pyridine rings is 1. The van der Waals surface area contributed by atoms with E-state index in [4.69, 9.17) is 0 Å². The second kappa shape index (κ2) is 6.16. The molecule has 7 heteroatoms. The van der Waals surface area contributed by atoms with E-state index in [1.165, 1.54) is 12.1 Å². The van der Waals surface area contributed by atoms with Crippen molar-refractivity contribution in [2.75, 3.05) is 5.32 Å². The first-order valence-corrected chi connectivity index (χ1v) is 8.25. The van der Waals surface area contributed by atoms with Crippen molar-refractivity contribution in [1.29, 1.82) is 0 Å². The maximum Gasteiger partial charge on any atom is 0.231 e. The Morgan fingerprint density at radius 1 is 1.35 bits per heavy atom. The standard InChI is InChI=1S/C19H16F3N3O/c1-10-4-13(21)2-3-14(10)12-5-11(7-20)18-23-17(9-25(18)8-12)24-19(26)15-6-16(15)22/h2-5,8-9,15-16H,6-7H2,1H3,(H,24,26). The van der Waals surface area contributed by atoms with Gasteiger partial charge in [0, 0.05) is 11.8 Å². The zero-order valence-corrected chi connectivity index (χ0v) is 14.0. The van der Waals surface area contributed by atoms with Crippen LogP contribution in [0.15, 0.2) is 36.7 Å². The fourth-order valence-corrected chi connectivity index (χ4v) is 3.08. The summed E-state index contributed by atoms with van der Waals surface area (Å²) in [6, 6.07) is 6.07. The molecule has 1 aromatic carbocycles. The number of imidazole rings is 1.